The van der Waals surface area contributed by atoms with E-state index in [1.54, 1.807) is 26.4 Å². The van der Waals surface area contributed by atoms with E-state index in [-0.39, 0.29) is 24.2 Å². The quantitative estimate of drug-likeness (QED) is 0.830. The van der Waals surface area contributed by atoms with Crippen molar-refractivity contribution in [2.45, 2.75) is 25.3 Å². The van der Waals surface area contributed by atoms with E-state index in [1.165, 1.54) is 12.1 Å². The first kappa shape index (κ1) is 17.3. The molecule has 2 aromatic rings. The van der Waals surface area contributed by atoms with E-state index in [1.807, 2.05) is 23.1 Å². The number of methoxy groups -OCH3 is 2. The van der Waals surface area contributed by atoms with E-state index < -0.39 is 0 Å². The number of ether oxygens (including phenoxy) is 2. The third-order valence-electron chi connectivity index (χ3n) is 4.61. The number of likely N-dealkylation sites (tertiary alicyclic amines) is 1. The molecule has 1 amide bonds. The molecule has 1 atom stereocenters. The molecule has 1 saturated heterocycles. The monoisotopic (exact) mass is 343 g/mol. The Labute approximate surface area is 147 Å². The Balaban J connectivity index is 1.76. The summed E-state index contributed by atoms with van der Waals surface area (Å²) in [6.07, 6.45) is 2.08. The highest BCUT2D eigenvalue weighted by Gasteiger charge is 2.30. The molecule has 1 aliphatic heterocycles. The van der Waals surface area contributed by atoms with Gasteiger partial charge in [0.25, 0.3) is 0 Å². The summed E-state index contributed by atoms with van der Waals surface area (Å²) in [4.78, 5) is 14.7. The van der Waals surface area contributed by atoms with Crippen LogP contribution in [0.3, 0.4) is 0 Å². The molecule has 0 saturated carbocycles. The average Bonchev–Trinajstić information content (AvgIpc) is 3.11. The van der Waals surface area contributed by atoms with Crippen molar-refractivity contribution in [3.63, 3.8) is 0 Å². The smallest absolute Gasteiger partial charge is 0.227 e. The second kappa shape index (κ2) is 7.55. The molecule has 1 aliphatic rings. The fourth-order valence-corrected chi connectivity index (χ4v) is 3.39. The van der Waals surface area contributed by atoms with Crippen LogP contribution in [0.1, 0.15) is 30.0 Å². The molecule has 0 radical (unpaired) electrons. The van der Waals surface area contributed by atoms with Crippen LogP contribution < -0.4 is 9.47 Å². The van der Waals surface area contributed by atoms with Gasteiger partial charge >= 0.3 is 0 Å². The first-order valence-electron chi connectivity index (χ1n) is 8.38. The van der Waals surface area contributed by atoms with Gasteiger partial charge in [0, 0.05) is 6.54 Å². The van der Waals surface area contributed by atoms with Crippen molar-refractivity contribution >= 4 is 5.91 Å². The van der Waals surface area contributed by atoms with E-state index in [4.69, 9.17) is 9.47 Å². The fraction of sp³-hybridized carbons (Fsp3) is 0.350. The molecule has 0 N–H and O–H groups in total. The number of amides is 1. The summed E-state index contributed by atoms with van der Waals surface area (Å²) in [5.41, 5.74) is 1.73. The van der Waals surface area contributed by atoms with Gasteiger partial charge in [-0.1, -0.05) is 18.2 Å². The van der Waals surface area contributed by atoms with Crippen molar-refractivity contribution in [1.82, 2.24) is 4.90 Å². The van der Waals surface area contributed by atoms with E-state index in [0.29, 0.717) is 18.0 Å². The molecule has 3 rings (SSSR count). The number of hydrogen-bond donors (Lipinski definition) is 0. The molecule has 1 fully saturated rings. The molecule has 0 spiro atoms. The molecule has 0 aliphatic carbocycles. The van der Waals surface area contributed by atoms with Crippen molar-refractivity contribution in [1.29, 1.82) is 0 Å². The molecule has 25 heavy (non-hydrogen) atoms. The number of hydrogen-bond acceptors (Lipinski definition) is 3. The minimum atomic E-state index is -0.267. The fourth-order valence-electron chi connectivity index (χ4n) is 3.39. The third kappa shape index (κ3) is 3.76. The van der Waals surface area contributed by atoms with Crippen LogP contribution in [0.15, 0.2) is 42.5 Å². The van der Waals surface area contributed by atoms with Gasteiger partial charge in [-0.25, -0.2) is 4.39 Å². The number of rotatable bonds is 5. The molecule has 4 nitrogen and oxygen atoms in total. The molecule has 0 aromatic heterocycles. The SMILES string of the molecule is COc1ccc(CC(=O)N2CCC[C@H]2c2cccc(F)c2)cc1OC. The van der Waals surface area contributed by atoms with E-state index in [0.717, 1.165) is 24.0 Å². The molecule has 1 heterocycles. The maximum atomic E-state index is 13.5. The summed E-state index contributed by atoms with van der Waals surface area (Å²) >= 11 is 0. The van der Waals surface area contributed by atoms with Crippen molar-refractivity contribution in [2.24, 2.45) is 0 Å². The normalized spacial score (nSPS) is 16.8. The number of nitrogens with zero attached hydrogens (tertiary/aromatic N) is 1. The molecular formula is C20H22FNO3. The summed E-state index contributed by atoms with van der Waals surface area (Å²) in [5.74, 6) is 1.02. The standard InChI is InChI=1S/C20H22FNO3/c1-24-18-9-8-14(11-19(18)25-2)12-20(23)22-10-4-7-17(22)15-5-3-6-16(21)13-15/h3,5-6,8-9,11,13,17H,4,7,10,12H2,1-2H3/t17-/m0/s1. The Morgan fingerprint density at radius 1 is 1.16 bits per heavy atom. The van der Waals surface area contributed by atoms with E-state index in [9.17, 15) is 9.18 Å². The highest BCUT2D eigenvalue weighted by Crippen LogP contribution is 2.33. The van der Waals surface area contributed by atoms with Crippen LogP contribution in [-0.4, -0.2) is 31.6 Å². The van der Waals surface area contributed by atoms with Gasteiger partial charge in [-0.2, -0.15) is 0 Å². The predicted molar refractivity (Wildman–Crippen MR) is 93.3 cm³/mol. The minimum absolute atomic E-state index is 0.0407. The highest BCUT2D eigenvalue weighted by molar-refractivity contribution is 5.79. The van der Waals surface area contributed by atoms with E-state index >= 15 is 0 Å². The van der Waals surface area contributed by atoms with Crippen molar-refractivity contribution < 1.29 is 18.7 Å². The Kier molecular flexibility index (Phi) is 5.22. The molecule has 2 aromatic carbocycles. The lowest BCUT2D eigenvalue weighted by Crippen LogP contribution is -2.31. The van der Waals surface area contributed by atoms with E-state index in [2.05, 4.69) is 0 Å². The first-order valence-corrected chi connectivity index (χ1v) is 8.38. The Hall–Kier alpha value is -2.56. The first-order chi connectivity index (χ1) is 12.1. The molecule has 132 valence electrons. The van der Waals surface area contributed by atoms with Gasteiger partial charge in [-0.15, -0.1) is 0 Å². The van der Waals surface area contributed by atoms with Crippen LogP contribution in [0.25, 0.3) is 0 Å². The number of carbonyl (C=O) groups excluding carboxylic acids is 1. The van der Waals surface area contributed by atoms with Crippen LogP contribution in [-0.2, 0) is 11.2 Å². The second-order valence-corrected chi connectivity index (χ2v) is 6.17. The van der Waals surface area contributed by atoms with Crippen molar-refractivity contribution in [3.05, 3.63) is 59.4 Å². The molecule has 0 unspecified atom stereocenters. The van der Waals surface area contributed by atoms with Crippen LogP contribution in [0.2, 0.25) is 0 Å². The molecular weight excluding hydrogens is 321 g/mol. The summed E-state index contributed by atoms with van der Waals surface area (Å²) in [6, 6.07) is 12.0. The lowest BCUT2D eigenvalue weighted by molar-refractivity contribution is -0.131. The van der Waals surface area contributed by atoms with Gasteiger partial charge in [0.2, 0.25) is 5.91 Å². The maximum Gasteiger partial charge on any atom is 0.227 e. The lowest BCUT2D eigenvalue weighted by atomic mass is 10.0. The largest absolute Gasteiger partial charge is 0.493 e. The van der Waals surface area contributed by atoms with Crippen LogP contribution in [0.5, 0.6) is 11.5 Å². The Morgan fingerprint density at radius 2 is 1.96 bits per heavy atom. The summed E-state index contributed by atoms with van der Waals surface area (Å²) in [6.45, 7) is 0.702. The van der Waals surface area contributed by atoms with Crippen LogP contribution in [0, 0.1) is 5.82 Å². The Bertz CT molecular complexity index is 762. The number of halogens is 1. The highest BCUT2D eigenvalue weighted by atomic mass is 19.1. The van der Waals surface area contributed by atoms with Gasteiger partial charge < -0.3 is 14.4 Å². The Morgan fingerprint density at radius 3 is 2.68 bits per heavy atom. The molecule has 5 heteroatoms. The van der Waals surface area contributed by atoms with Gasteiger partial charge in [0.15, 0.2) is 11.5 Å². The van der Waals surface area contributed by atoms with Gasteiger partial charge in [0.1, 0.15) is 5.82 Å². The van der Waals surface area contributed by atoms with Gasteiger partial charge in [-0.3, -0.25) is 4.79 Å². The van der Waals surface area contributed by atoms with Gasteiger partial charge in [-0.05, 0) is 48.2 Å². The van der Waals surface area contributed by atoms with Gasteiger partial charge in [0.05, 0.1) is 26.7 Å². The van der Waals surface area contributed by atoms with Crippen molar-refractivity contribution in [3.8, 4) is 11.5 Å². The summed E-state index contributed by atoms with van der Waals surface area (Å²) in [5, 5.41) is 0. The predicted octanol–water partition coefficient (Wildman–Crippen LogP) is 3.75. The topological polar surface area (TPSA) is 38.8 Å². The van der Waals surface area contributed by atoms with Crippen LogP contribution in [0.4, 0.5) is 4.39 Å². The second-order valence-electron chi connectivity index (χ2n) is 6.17. The zero-order valence-corrected chi connectivity index (χ0v) is 14.5. The summed E-state index contributed by atoms with van der Waals surface area (Å²) < 4.78 is 24.0. The summed E-state index contributed by atoms with van der Waals surface area (Å²) in [7, 11) is 3.15. The molecule has 0 bridgehead atoms. The third-order valence-corrected chi connectivity index (χ3v) is 4.61. The number of benzene rings is 2. The average molecular weight is 343 g/mol. The maximum absolute atomic E-state index is 13.5. The van der Waals surface area contributed by atoms with Crippen molar-refractivity contribution in [2.75, 3.05) is 20.8 Å². The zero-order chi connectivity index (χ0) is 17.8. The minimum Gasteiger partial charge on any atom is -0.493 e. The lowest BCUT2D eigenvalue weighted by Gasteiger charge is -2.25. The number of carbonyl (C=O) groups is 1. The van der Waals surface area contributed by atoms with Crippen LogP contribution >= 0.6 is 0 Å². The zero-order valence-electron chi connectivity index (χ0n) is 14.5.